The Hall–Kier alpha value is -0.980. The van der Waals surface area contributed by atoms with Gasteiger partial charge in [0.2, 0.25) is 0 Å². The predicted octanol–water partition coefficient (Wildman–Crippen LogP) is -1.68. The fourth-order valence-corrected chi connectivity index (χ4v) is 0.376. The second-order valence-corrected chi connectivity index (χ2v) is 1.65. The van der Waals surface area contributed by atoms with Gasteiger partial charge in [0.05, 0.1) is 6.54 Å². The summed E-state index contributed by atoms with van der Waals surface area (Å²) >= 11 is 0. The van der Waals surface area contributed by atoms with Crippen LogP contribution in [-0.4, -0.2) is 25.0 Å². The molecule has 7 heteroatoms. The first-order valence-corrected chi connectivity index (χ1v) is 2.76. The van der Waals surface area contributed by atoms with E-state index in [1.807, 2.05) is 0 Å². The second-order valence-electron chi connectivity index (χ2n) is 1.65. The molecule has 0 fully saturated rings. The average molecular weight is 225 g/mol. The number of hydrogen-bond acceptors (Lipinski definition) is 2. The molecular formula is C4H13BrN6. The number of guanidine groups is 2. The third-order valence-corrected chi connectivity index (χ3v) is 0.722. The van der Waals surface area contributed by atoms with E-state index in [1.54, 1.807) is 0 Å². The van der Waals surface area contributed by atoms with Crippen molar-refractivity contribution in [3.05, 3.63) is 0 Å². The molecule has 0 rings (SSSR count). The molecule has 8 N–H and O–H groups in total. The lowest BCUT2D eigenvalue weighted by Crippen LogP contribution is -2.33. The molecule has 0 saturated carbocycles. The van der Waals surface area contributed by atoms with Crippen molar-refractivity contribution in [3.8, 4) is 0 Å². The van der Waals surface area contributed by atoms with Gasteiger partial charge in [-0.2, -0.15) is 0 Å². The maximum Gasteiger partial charge on any atom is 0.185 e. The normalized spacial score (nSPS) is 7.64. The Bertz CT molecular complexity index is 140. The average Bonchev–Trinajstić information content (AvgIpc) is 1.79. The fraction of sp³-hybridized carbons (Fsp3) is 0.500. The van der Waals surface area contributed by atoms with Gasteiger partial charge in [0, 0.05) is 6.54 Å². The van der Waals surface area contributed by atoms with Crippen molar-refractivity contribution < 1.29 is 0 Å². The summed E-state index contributed by atoms with van der Waals surface area (Å²) in [5.41, 5.74) is 15.0. The van der Waals surface area contributed by atoms with Crippen molar-refractivity contribution in [2.24, 2.45) is 22.2 Å². The highest BCUT2D eigenvalue weighted by Gasteiger charge is 1.84. The molecule has 66 valence electrons. The maximum absolute atomic E-state index is 6.74. The molecule has 0 spiro atoms. The molecule has 6 nitrogen and oxygen atoms in total. The molecular weight excluding hydrogens is 212 g/mol. The monoisotopic (exact) mass is 224 g/mol. The molecule has 11 heavy (non-hydrogen) atoms. The van der Waals surface area contributed by atoms with Gasteiger partial charge in [-0.25, -0.2) is 0 Å². The van der Waals surface area contributed by atoms with Crippen molar-refractivity contribution >= 4 is 28.9 Å². The van der Waals surface area contributed by atoms with Gasteiger partial charge < -0.3 is 22.5 Å². The predicted molar refractivity (Wildman–Crippen MR) is 50.9 cm³/mol. The van der Waals surface area contributed by atoms with Gasteiger partial charge in [0.15, 0.2) is 11.9 Å². The smallest absolute Gasteiger partial charge is 0.185 e. The fourth-order valence-electron chi connectivity index (χ4n) is 0.376. The number of rotatable bonds is 3. The lowest BCUT2D eigenvalue weighted by Gasteiger charge is -1.98. The van der Waals surface area contributed by atoms with E-state index in [9.17, 15) is 0 Å². The topological polar surface area (TPSA) is 126 Å². The molecule has 0 amide bonds. The van der Waals surface area contributed by atoms with Crippen molar-refractivity contribution in [1.29, 1.82) is 5.41 Å². The van der Waals surface area contributed by atoms with E-state index in [2.05, 4.69) is 10.3 Å². The van der Waals surface area contributed by atoms with E-state index < -0.39 is 0 Å². The number of hydrogen-bond donors (Lipinski definition) is 5. The first-order valence-electron chi connectivity index (χ1n) is 2.76. The standard InChI is InChI=1S/C4H12N6.BrH/c5-3(6)9-1-2-10-4(7)8;/h1-2H2,(H4,5,6,9)(H4,7,8,10);1H. The molecule has 0 aromatic heterocycles. The summed E-state index contributed by atoms with van der Waals surface area (Å²) in [6.07, 6.45) is 0. The van der Waals surface area contributed by atoms with Crippen LogP contribution in [0.5, 0.6) is 0 Å². The lowest BCUT2D eigenvalue weighted by atomic mass is 10.6. The highest BCUT2D eigenvalue weighted by Crippen LogP contribution is 1.64. The van der Waals surface area contributed by atoms with Crippen LogP contribution in [0, 0.1) is 5.41 Å². The van der Waals surface area contributed by atoms with E-state index in [1.165, 1.54) is 0 Å². The zero-order valence-corrected chi connectivity index (χ0v) is 7.71. The summed E-state index contributed by atoms with van der Waals surface area (Å²) < 4.78 is 0. The summed E-state index contributed by atoms with van der Waals surface area (Å²) in [6.45, 7) is 0.912. The first kappa shape index (κ1) is 12.7. The number of aliphatic imine (C=N–C) groups is 1. The van der Waals surface area contributed by atoms with Crippen molar-refractivity contribution in [2.75, 3.05) is 13.1 Å². The third-order valence-electron chi connectivity index (χ3n) is 0.722. The zero-order chi connectivity index (χ0) is 7.98. The SMILES string of the molecule is Br.N=C(N)NCCN=C(N)N. The van der Waals surface area contributed by atoms with Crippen LogP contribution in [0.1, 0.15) is 0 Å². The van der Waals surface area contributed by atoms with E-state index in [0.29, 0.717) is 13.1 Å². The minimum Gasteiger partial charge on any atom is -0.370 e. The quantitative estimate of drug-likeness (QED) is 0.223. The summed E-state index contributed by atoms with van der Waals surface area (Å²) in [5.74, 6) is -0.0313. The van der Waals surface area contributed by atoms with Crippen molar-refractivity contribution in [1.82, 2.24) is 5.32 Å². The molecule has 0 aliphatic heterocycles. The van der Waals surface area contributed by atoms with Crippen LogP contribution < -0.4 is 22.5 Å². The zero-order valence-electron chi connectivity index (χ0n) is 6.00. The molecule has 0 aliphatic rings. The second kappa shape index (κ2) is 7.13. The third kappa shape index (κ3) is 12.3. The molecule has 0 aromatic rings. The summed E-state index contributed by atoms with van der Waals surface area (Å²) in [6, 6.07) is 0. The number of halogens is 1. The first-order chi connectivity index (χ1) is 4.63. The van der Waals surface area contributed by atoms with E-state index in [0.717, 1.165) is 0 Å². The Morgan fingerprint density at radius 2 is 1.91 bits per heavy atom. The highest BCUT2D eigenvalue weighted by molar-refractivity contribution is 8.93. The molecule has 0 bridgehead atoms. The van der Waals surface area contributed by atoms with Crippen LogP contribution in [0.2, 0.25) is 0 Å². The van der Waals surface area contributed by atoms with Gasteiger partial charge in [-0.05, 0) is 0 Å². The molecule has 0 saturated heterocycles. The largest absolute Gasteiger partial charge is 0.370 e. The van der Waals surface area contributed by atoms with Crippen molar-refractivity contribution in [3.63, 3.8) is 0 Å². The van der Waals surface area contributed by atoms with Crippen LogP contribution in [0.25, 0.3) is 0 Å². The van der Waals surface area contributed by atoms with Gasteiger partial charge >= 0.3 is 0 Å². The van der Waals surface area contributed by atoms with Crippen LogP contribution in [0.3, 0.4) is 0 Å². The van der Waals surface area contributed by atoms with Gasteiger partial charge in [-0.1, -0.05) is 0 Å². The number of nitrogens with two attached hydrogens (primary N) is 3. The Morgan fingerprint density at radius 3 is 2.27 bits per heavy atom. The highest BCUT2D eigenvalue weighted by atomic mass is 79.9. The van der Waals surface area contributed by atoms with Crippen LogP contribution in [0.4, 0.5) is 0 Å². The lowest BCUT2D eigenvalue weighted by molar-refractivity contribution is 0.862. The van der Waals surface area contributed by atoms with Crippen LogP contribution >= 0.6 is 17.0 Å². The molecule has 0 unspecified atom stereocenters. The van der Waals surface area contributed by atoms with Gasteiger partial charge in [0.1, 0.15) is 0 Å². The Morgan fingerprint density at radius 1 is 1.36 bits per heavy atom. The molecule has 0 aromatic carbocycles. The molecule has 0 aliphatic carbocycles. The van der Waals surface area contributed by atoms with E-state index in [-0.39, 0.29) is 28.9 Å². The number of nitrogens with one attached hydrogen (secondary N) is 2. The van der Waals surface area contributed by atoms with Gasteiger partial charge in [-0.15, -0.1) is 17.0 Å². The van der Waals surface area contributed by atoms with Gasteiger partial charge in [-0.3, -0.25) is 10.4 Å². The van der Waals surface area contributed by atoms with Crippen LogP contribution in [-0.2, 0) is 0 Å². The van der Waals surface area contributed by atoms with Crippen molar-refractivity contribution in [2.45, 2.75) is 0 Å². The molecule has 0 radical (unpaired) electrons. The van der Waals surface area contributed by atoms with Crippen LogP contribution in [0.15, 0.2) is 4.99 Å². The Balaban J connectivity index is 0. The summed E-state index contributed by atoms with van der Waals surface area (Å²) in [7, 11) is 0. The summed E-state index contributed by atoms with van der Waals surface area (Å²) in [4.78, 5) is 3.65. The Kier molecular flexibility index (Phi) is 8.22. The van der Waals surface area contributed by atoms with E-state index in [4.69, 9.17) is 22.6 Å². The maximum atomic E-state index is 6.74. The van der Waals surface area contributed by atoms with Gasteiger partial charge in [0.25, 0.3) is 0 Å². The Labute approximate surface area is 75.5 Å². The van der Waals surface area contributed by atoms with E-state index >= 15 is 0 Å². The minimum absolute atomic E-state index is 0. The molecule has 0 heterocycles. The minimum atomic E-state index is -0.0780. The molecule has 0 atom stereocenters. The summed E-state index contributed by atoms with van der Waals surface area (Å²) in [5, 5.41) is 9.28. The number of nitrogens with zero attached hydrogens (tertiary/aromatic N) is 1.